The maximum Gasteiger partial charge on any atom is 0.0954 e. The maximum atomic E-state index is 4.67. The Morgan fingerprint density at radius 1 is 1.26 bits per heavy atom. The molecule has 2 aliphatic rings. The molecule has 0 unspecified atom stereocenters. The van der Waals surface area contributed by atoms with Crippen LogP contribution < -0.4 is 0 Å². The summed E-state index contributed by atoms with van der Waals surface area (Å²) in [5.41, 5.74) is 4.25. The third-order valence-electron chi connectivity index (χ3n) is 5.40. The van der Waals surface area contributed by atoms with Gasteiger partial charge in [0.2, 0.25) is 0 Å². The Balaban J connectivity index is 1.30. The van der Waals surface area contributed by atoms with Crippen LogP contribution in [0.5, 0.6) is 0 Å². The van der Waals surface area contributed by atoms with Crippen LogP contribution in [0.1, 0.15) is 48.7 Å². The van der Waals surface area contributed by atoms with Gasteiger partial charge in [-0.3, -0.25) is 4.68 Å². The van der Waals surface area contributed by atoms with Crippen molar-refractivity contribution in [3.63, 3.8) is 0 Å². The van der Waals surface area contributed by atoms with Crippen molar-refractivity contribution < 1.29 is 0 Å². The molecule has 0 amide bonds. The maximum absolute atomic E-state index is 4.67. The Morgan fingerprint density at radius 3 is 3.04 bits per heavy atom. The topological polar surface area (TPSA) is 38.9 Å². The minimum Gasteiger partial charge on any atom is -0.330 e. The van der Waals surface area contributed by atoms with Crippen LogP contribution >= 0.6 is 0 Å². The van der Waals surface area contributed by atoms with Gasteiger partial charge >= 0.3 is 0 Å². The summed E-state index contributed by atoms with van der Waals surface area (Å²) in [6.45, 7) is 3.61. The predicted octanol–water partition coefficient (Wildman–Crippen LogP) is 2.38. The number of imidazole rings is 1. The highest BCUT2D eigenvalue weighted by Gasteiger charge is 2.26. The molecule has 3 heterocycles. The molecule has 23 heavy (non-hydrogen) atoms. The Morgan fingerprint density at radius 2 is 2.17 bits per heavy atom. The first-order valence-corrected chi connectivity index (χ1v) is 9.04. The first-order valence-electron chi connectivity index (χ1n) is 9.04. The van der Waals surface area contributed by atoms with Crippen LogP contribution in [-0.4, -0.2) is 43.9 Å². The number of rotatable bonds is 5. The lowest BCUT2D eigenvalue weighted by Gasteiger charge is -2.20. The molecule has 0 saturated carbocycles. The van der Waals surface area contributed by atoms with E-state index in [4.69, 9.17) is 0 Å². The molecule has 0 N–H and O–H groups in total. The number of nitrogens with zero attached hydrogens (tertiary/aromatic N) is 5. The van der Waals surface area contributed by atoms with Crippen molar-refractivity contribution in [1.29, 1.82) is 0 Å². The van der Waals surface area contributed by atoms with Crippen molar-refractivity contribution in [3.05, 3.63) is 35.7 Å². The second-order valence-electron chi connectivity index (χ2n) is 7.12. The number of hydrogen-bond acceptors (Lipinski definition) is 3. The molecule has 1 fully saturated rings. The molecule has 0 bridgehead atoms. The summed E-state index contributed by atoms with van der Waals surface area (Å²) in [5, 5.41) is 4.25. The second-order valence-corrected chi connectivity index (χ2v) is 7.12. The van der Waals surface area contributed by atoms with Gasteiger partial charge in [0.25, 0.3) is 0 Å². The predicted molar refractivity (Wildman–Crippen MR) is 90.5 cm³/mol. The Bertz CT molecular complexity index is 656. The summed E-state index contributed by atoms with van der Waals surface area (Å²) in [5.74, 6) is 0. The zero-order valence-corrected chi connectivity index (χ0v) is 14.1. The first-order chi connectivity index (χ1) is 11.3. The second kappa shape index (κ2) is 6.48. The summed E-state index contributed by atoms with van der Waals surface area (Å²) in [4.78, 5) is 7.29. The number of aromatic nitrogens is 4. The lowest BCUT2D eigenvalue weighted by Crippen LogP contribution is -2.23. The van der Waals surface area contributed by atoms with E-state index < -0.39 is 0 Å². The van der Waals surface area contributed by atoms with Crippen molar-refractivity contribution in [1.82, 2.24) is 24.2 Å². The van der Waals surface area contributed by atoms with E-state index in [9.17, 15) is 0 Å². The van der Waals surface area contributed by atoms with Gasteiger partial charge in [-0.2, -0.15) is 5.10 Å². The smallest absolute Gasteiger partial charge is 0.0954 e. The summed E-state index contributed by atoms with van der Waals surface area (Å²) >= 11 is 0. The number of likely N-dealkylation sites (tertiary alicyclic amines) is 1. The summed E-state index contributed by atoms with van der Waals surface area (Å²) in [6, 6.07) is 0.641. The fourth-order valence-corrected chi connectivity index (χ4v) is 4.16. The van der Waals surface area contributed by atoms with E-state index in [1.54, 1.807) is 0 Å². The molecule has 1 aliphatic carbocycles. The monoisotopic (exact) mass is 313 g/mol. The summed E-state index contributed by atoms with van der Waals surface area (Å²) < 4.78 is 4.39. The van der Waals surface area contributed by atoms with Crippen LogP contribution in [0.15, 0.2) is 18.7 Å². The highest BCUT2D eigenvalue weighted by atomic mass is 15.2. The van der Waals surface area contributed by atoms with E-state index in [-0.39, 0.29) is 0 Å². The molecule has 5 nitrogen and oxygen atoms in total. The van der Waals surface area contributed by atoms with E-state index in [0.29, 0.717) is 6.04 Å². The van der Waals surface area contributed by atoms with E-state index in [0.717, 1.165) is 6.42 Å². The Hall–Kier alpha value is -1.62. The molecule has 0 radical (unpaired) electrons. The average Bonchev–Trinajstić information content (AvgIpc) is 3.27. The standard InChI is InChI=1S/C18H27N5/c1-21-12-15(11-20-21)5-4-9-22-10-8-16(13-22)23-14-19-17-6-2-3-7-18(17)23/h11-12,14,16H,2-10,13H2,1H3/t16-/m1/s1. The van der Waals surface area contributed by atoms with Crippen LogP contribution in [0.2, 0.25) is 0 Å². The van der Waals surface area contributed by atoms with Gasteiger partial charge in [0, 0.05) is 38.1 Å². The van der Waals surface area contributed by atoms with Gasteiger partial charge in [-0.05, 0) is 57.1 Å². The van der Waals surface area contributed by atoms with Gasteiger partial charge < -0.3 is 9.47 Å². The van der Waals surface area contributed by atoms with Gasteiger partial charge in [-0.25, -0.2) is 4.98 Å². The van der Waals surface area contributed by atoms with Gasteiger partial charge in [-0.1, -0.05) is 0 Å². The molecule has 124 valence electrons. The molecule has 2 aromatic heterocycles. The quantitative estimate of drug-likeness (QED) is 0.851. The third kappa shape index (κ3) is 3.20. The van der Waals surface area contributed by atoms with Crippen LogP contribution in [0.25, 0.3) is 0 Å². The van der Waals surface area contributed by atoms with Crippen LogP contribution in [-0.2, 0) is 26.3 Å². The van der Waals surface area contributed by atoms with E-state index >= 15 is 0 Å². The van der Waals surface area contributed by atoms with Crippen molar-refractivity contribution in [3.8, 4) is 0 Å². The van der Waals surface area contributed by atoms with E-state index in [1.165, 1.54) is 75.1 Å². The molecular weight excluding hydrogens is 286 g/mol. The molecule has 1 aliphatic heterocycles. The van der Waals surface area contributed by atoms with Gasteiger partial charge in [0.05, 0.1) is 18.2 Å². The largest absolute Gasteiger partial charge is 0.330 e. The van der Waals surface area contributed by atoms with Gasteiger partial charge in [-0.15, -0.1) is 0 Å². The lowest BCUT2D eigenvalue weighted by molar-refractivity contribution is 0.318. The van der Waals surface area contributed by atoms with Crippen LogP contribution in [0.4, 0.5) is 0 Å². The highest BCUT2D eigenvalue weighted by Crippen LogP contribution is 2.28. The van der Waals surface area contributed by atoms with Crippen molar-refractivity contribution >= 4 is 0 Å². The van der Waals surface area contributed by atoms with Crippen molar-refractivity contribution in [2.24, 2.45) is 7.05 Å². The van der Waals surface area contributed by atoms with Crippen molar-refractivity contribution in [2.45, 2.75) is 51.0 Å². The molecule has 2 aromatic rings. The fourth-order valence-electron chi connectivity index (χ4n) is 4.16. The molecule has 0 aromatic carbocycles. The minimum absolute atomic E-state index is 0.641. The van der Waals surface area contributed by atoms with Crippen LogP contribution in [0.3, 0.4) is 0 Å². The number of hydrogen-bond donors (Lipinski definition) is 0. The number of aryl methyl sites for hydroxylation is 3. The molecule has 5 heteroatoms. The highest BCUT2D eigenvalue weighted by molar-refractivity contribution is 5.17. The Kier molecular flexibility index (Phi) is 4.21. The third-order valence-corrected chi connectivity index (χ3v) is 5.40. The minimum atomic E-state index is 0.641. The zero-order valence-electron chi connectivity index (χ0n) is 14.1. The molecule has 1 saturated heterocycles. The summed E-state index contributed by atoms with van der Waals surface area (Å²) in [6.07, 6.45) is 14.9. The van der Waals surface area contributed by atoms with E-state index in [1.807, 2.05) is 17.9 Å². The molecule has 1 atom stereocenters. The summed E-state index contributed by atoms with van der Waals surface area (Å²) in [7, 11) is 1.99. The Labute approximate surface area is 138 Å². The first kappa shape index (κ1) is 14.9. The van der Waals surface area contributed by atoms with Crippen molar-refractivity contribution in [2.75, 3.05) is 19.6 Å². The average molecular weight is 313 g/mol. The molecule has 0 spiro atoms. The van der Waals surface area contributed by atoms with Crippen LogP contribution in [0, 0.1) is 0 Å². The van der Waals surface area contributed by atoms with E-state index in [2.05, 4.69) is 32.1 Å². The lowest BCUT2D eigenvalue weighted by atomic mass is 10.0. The SMILES string of the molecule is Cn1cc(CCCN2CC[C@@H](n3cnc4c3CCCC4)C2)cn1. The zero-order chi connectivity index (χ0) is 15.6. The normalized spacial score (nSPS) is 21.7. The number of fused-ring (bicyclic) bond motifs is 1. The molecule has 4 rings (SSSR count). The fraction of sp³-hybridized carbons (Fsp3) is 0.667. The van der Waals surface area contributed by atoms with Gasteiger partial charge in [0.15, 0.2) is 0 Å². The molecular formula is C18H27N5. The van der Waals surface area contributed by atoms with Gasteiger partial charge in [0.1, 0.15) is 0 Å².